The fourth-order valence-electron chi connectivity index (χ4n) is 2.48. The molecule has 2 rings (SSSR count). The molecule has 1 N–H and O–H groups in total. The fourth-order valence-corrected chi connectivity index (χ4v) is 2.71. The summed E-state index contributed by atoms with van der Waals surface area (Å²) >= 11 is 6.19. The van der Waals surface area contributed by atoms with E-state index in [4.69, 9.17) is 11.6 Å². The van der Waals surface area contributed by atoms with Crippen molar-refractivity contribution in [3.63, 3.8) is 0 Å². The second kappa shape index (κ2) is 7.07. The van der Waals surface area contributed by atoms with Crippen LogP contribution in [0.25, 0.3) is 10.9 Å². The molecule has 0 saturated carbocycles. The molecule has 4 nitrogen and oxygen atoms in total. The molecule has 0 aliphatic carbocycles. The number of hydrogen-bond donors (Lipinski definition) is 1. The summed E-state index contributed by atoms with van der Waals surface area (Å²) < 4.78 is 0. The van der Waals surface area contributed by atoms with Crippen LogP contribution >= 0.6 is 11.6 Å². The molecule has 1 aromatic carbocycles. The lowest BCUT2D eigenvalue weighted by molar-refractivity contribution is 0.0952. The molecule has 0 unspecified atom stereocenters. The minimum absolute atomic E-state index is 0.169. The van der Waals surface area contributed by atoms with E-state index in [1.165, 1.54) is 0 Å². The predicted octanol–water partition coefficient (Wildman–Crippen LogP) is 3.19. The number of fused-ring (bicyclic) bond motifs is 1. The monoisotopic (exact) mass is 319 g/mol. The van der Waals surface area contributed by atoms with E-state index in [9.17, 15) is 4.79 Å². The van der Waals surface area contributed by atoms with Gasteiger partial charge in [-0.25, -0.2) is 4.98 Å². The maximum absolute atomic E-state index is 12.3. The van der Waals surface area contributed by atoms with Gasteiger partial charge in [0.05, 0.1) is 11.1 Å². The van der Waals surface area contributed by atoms with Gasteiger partial charge in [0.2, 0.25) is 0 Å². The highest BCUT2D eigenvalue weighted by Gasteiger charge is 2.13. The zero-order valence-electron chi connectivity index (χ0n) is 13.5. The quantitative estimate of drug-likeness (QED) is 0.680. The lowest BCUT2D eigenvalue weighted by atomic mass is 10.1. The first-order valence-corrected chi connectivity index (χ1v) is 7.76. The molecule has 2 aromatic rings. The number of amides is 1. The Kier molecular flexibility index (Phi) is 5.37. The molecule has 0 spiro atoms. The van der Waals surface area contributed by atoms with Crippen LogP contribution in [0.15, 0.2) is 18.2 Å². The van der Waals surface area contributed by atoms with Crippen molar-refractivity contribution in [1.82, 2.24) is 15.2 Å². The van der Waals surface area contributed by atoms with Crippen LogP contribution in [0, 0.1) is 13.8 Å². The van der Waals surface area contributed by atoms with Gasteiger partial charge in [-0.15, -0.1) is 0 Å². The molecule has 0 aliphatic rings. The summed E-state index contributed by atoms with van der Waals surface area (Å²) in [6, 6.07) is 5.91. The molecule has 0 atom stereocenters. The first-order chi connectivity index (χ1) is 10.4. The lowest BCUT2D eigenvalue weighted by Gasteiger charge is -2.11. The van der Waals surface area contributed by atoms with E-state index in [1.54, 1.807) is 0 Å². The summed E-state index contributed by atoms with van der Waals surface area (Å²) in [5.41, 5.74) is 3.49. The first kappa shape index (κ1) is 16.7. The summed E-state index contributed by atoms with van der Waals surface area (Å²) in [5, 5.41) is 4.10. The average molecular weight is 320 g/mol. The number of benzene rings is 1. The topological polar surface area (TPSA) is 45.2 Å². The molecular formula is C17H22ClN3O. The molecule has 0 fully saturated rings. The van der Waals surface area contributed by atoms with Crippen LogP contribution in [-0.4, -0.2) is 43.0 Å². The van der Waals surface area contributed by atoms with Gasteiger partial charge >= 0.3 is 0 Å². The Morgan fingerprint density at radius 2 is 2.00 bits per heavy atom. The van der Waals surface area contributed by atoms with Gasteiger partial charge in [0.15, 0.2) is 0 Å². The summed E-state index contributed by atoms with van der Waals surface area (Å²) in [7, 11) is 4.02. The van der Waals surface area contributed by atoms with E-state index < -0.39 is 0 Å². The number of pyridine rings is 1. The summed E-state index contributed by atoms with van der Waals surface area (Å²) in [6.45, 7) is 5.59. The number of nitrogens with zero attached hydrogens (tertiary/aromatic N) is 2. The molecule has 1 amide bonds. The number of aromatic nitrogens is 1. The fraction of sp³-hybridized carbons (Fsp3) is 0.412. The molecular weight excluding hydrogens is 298 g/mol. The Balaban J connectivity index is 2.20. The van der Waals surface area contributed by atoms with Gasteiger partial charge in [-0.2, -0.15) is 0 Å². The Morgan fingerprint density at radius 3 is 2.68 bits per heavy atom. The molecule has 5 heteroatoms. The van der Waals surface area contributed by atoms with Crippen molar-refractivity contribution in [3.8, 4) is 0 Å². The number of halogens is 1. The minimum atomic E-state index is -0.169. The third-order valence-corrected chi connectivity index (χ3v) is 3.81. The van der Waals surface area contributed by atoms with E-state index in [1.807, 2.05) is 40.1 Å². The third-order valence-electron chi connectivity index (χ3n) is 3.52. The lowest BCUT2D eigenvalue weighted by Crippen LogP contribution is -2.27. The zero-order valence-corrected chi connectivity index (χ0v) is 14.3. The van der Waals surface area contributed by atoms with Gasteiger partial charge in [0.25, 0.3) is 5.91 Å². The van der Waals surface area contributed by atoms with Crippen molar-refractivity contribution in [2.24, 2.45) is 0 Å². The van der Waals surface area contributed by atoms with Crippen molar-refractivity contribution in [2.75, 3.05) is 27.2 Å². The Morgan fingerprint density at radius 1 is 1.27 bits per heavy atom. The number of carbonyl (C=O) groups is 1. The van der Waals surface area contributed by atoms with Crippen molar-refractivity contribution >= 4 is 28.4 Å². The highest BCUT2D eigenvalue weighted by atomic mass is 35.5. The molecule has 0 bridgehead atoms. The summed E-state index contributed by atoms with van der Waals surface area (Å²) in [4.78, 5) is 18.8. The number of carbonyl (C=O) groups excluding carboxylic acids is 1. The standard InChI is InChI=1S/C17H22ClN3O/c1-11-8-12(2)15-13(9-11)10-14(16(18)20-15)17(22)19-6-5-7-21(3)4/h8-10H,5-7H2,1-4H3,(H,19,22). The zero-order chi connectivity index (χ0) is 16.3. The van der Waals surface area contributed by atoms with Crippen molar-refractivity contribution in [1.29, 1.82) is 0 Å². The van der Waals surface area contributed by atoms with E-state index in [0.29, 0.717) is 12.1 Å². The second-order valence-electron chi connectivity index (χ2n) is 5.89. The average Bonchev–Trinajstić information content (AvgIpc) is 2.43. The molecule has 0 aliphatic heterocycles. The molecule has 1 aromatic heterocycles. The van der Waals surface area contributed by atoms with Gasteiger partial charge in [-0.3, -0.25) is 4.79 Å². The maximum Gasteiger partial charge on any atom is 0.254 e. The Hall–Kier alpha value is -1.65. The van der Waals surface area contributed by atoms with E-state index in [0.717, 1.165) is 35.0 Å². The molecule has 0 saturated heterocycles. The maximum atomic E-state index is 12.3. The van der Waals surface area contributed by atoms with E-state index in [2.05, 4.69) is 21.3 Å². The second-order valence-corrected chi connectivity index (χ2v) is 6.25. The normalized spacial score (nSPS) is 11.2. The van der Waals surface area contributed by atoms with Gasteiger partial charge in [-0.1, -0.05) is 23.2 Å². The van der Waals surface area contributed by atoms with Gasteiger partial charge in [0.1, 0.15) is 5.15 Å². The molecule has 1 heterocycles. The number of rotatable bonds is 5. The minimum Gasteiger partial charge on any atom is -0.352 e. The van der Waals surface area contributed by atoms with Crippen LogP contribution < -0.4 is 5.32 Å². The van der Waals surface area contributed by atoms with Gasteiger partial charge < -0.3 is 10.2 Å². The molecule has 22 heavy (non-hydrogen) atoms. The van der Waals surface area contributed by atoms with Crippen LogP contribution in [0.1, 0.15) is 27.9 Å². The van der Waals surface area contributed by atoms with Gasteiger partial charge in [-0.05, 0) is 58.6 Å². The van der Waals surface area contributed by atoms with Crippen LogP contribution in [0.5, 0.6) is 0 Å². The predicted molar refractivity (Wildman–Crippen MR) is 91.7 cm³/mol. The SMILES string of the molecule is Cc1cc(C)c2nc(Cl)c(C(=O)NCCCN(C)C)cc2c1. The largest absolute Gasteiger partial charge is 0.352 e. The van der Waals surface area contributed by atoms with Crippen molar-refractivity contribution in [3.05, 3.63) is 40.0 Å². The third kappa shape index (κ3) is 3.96. The van der Waals surface area contributed by atoms with Crippen molar-refractivity contribution < 1.29 is 4.79 Å². The molecule has 0 radical (unpaired) electrons. The Bertz CT molecular complexity index is 698. The molecule has 118 valence electrons. The van der Waals surface area contributed by atoms with E-state index >= 15 is 0 Å². The smallest absolute Gasteiger partial charge is 0.254 e. The number of nitrogens with one attached hydrogen (secondary N) is 1. The highest BCUT2D eigenvalue weighted by Crippen LogP contribution is 2.24. The van der Waals surface area contributed by atoms with Crippen LogP contribution in [0.4, 0.5) is 0 Å². The van der Waals surface area contributed by atoms with E-state index in [-0.39, 0.29) is 11.1 Å². The number of aryl methyl sites for hydroxylation is 2. The van der Waals surface area contributed by atoms with Crippen LogP contribution in [0.2, 0.25) is 5.15 Å². The summed E-state index contributed by atoms with van der Waals surface area (Å²) in [6.07, 6.45) is 0.898. The van der Waals surface area contributed by atoms with Crippen LogP contribution in [0.3, 0.4) is 0 Å². The summed E-state index contributed by atoms with van der Waals surface area (Å²) in [5.74, 6) is -0.169. The van der Waals surface area contributed by atoms with Crippen LogP contribution in [-0.2, 0) is 0 Å². The highest BCUT2D eigenvalue weighted by molar-refractivity contribution is 6.33. The Labute approximate surface area is 136 Å². The van der Waals surface area contributed by atoms with Gasteiger partial charge in [0, 0.05) is 11.9 Å². The number of hydrogen-bond acceptors (Lipinski definition) is 3. The first-order valence-electron chi connectivity index (χ1n) is 7.39. The van der Waals surface area contributed by atoms with Crippen molar-refractivity contribution in [2.45, 2.75) is 20.3 Å².